The molecule has 2 aromatic heterocycles. The second kappa shape index (κ2) is 12.8. The lowest BCUT2D eigenvalue weighted by Gasteiger charge is -2.33. The van der Waals surface area contributed by atoms with Gasteiger partial charge < -0.3 is 20.4 Å². The van der Waals surface area contributed by atoms with Crippen molar-refractivity contribution in [1.82, 2.24) is 24.3 Å². The highest BCUT2D eigenvalue weighted by Crippen LogP contribution is 2.42. The molecular weight excluding hydrogens is 609 g/mol. The van der Waals surface area contributed by atoms with E-state index in [1.54, 1.807) is 16.8 Å². The normalized spacial score (nSPS) is 18.4. The SMILES string of the molecule is COc1cc(CN2CCC(F)C2)cnc1C(=O)Nc1cccc(-c2cccc(C3c4nc(C(N)=O)n(C)c4CCN3C)c2Cl)c1C. The van der Waals surface area contributed by atoms with Gasteiger partial charge in [0, 0.05) is 62.8 Å². The molecule has 12 heteroatoms. The number of hydrogen-bond acceptors (Lipinski definition) is 7. The fraction of sp³-hybridized carbons (Fsp3) is 0.353. The third-order valence-electron chi connectivity index (χ3n) is 9.03. The highest BCUT2D eigenvalue weighted by atomic mass is 35.5. The third-order valence-corrected chi connectivity index (χ3v) is 9.45. The molecule has 46 heavy (non-hydrogen) atoms. The van der Waals surface area contributed by atoms with Crippen LogP contribution in [-0.2, 0) is 20.0 Å². The molecule has 2 aromatic carbocycles. The lowest BCUT2D eigenvalue weighted by Crippen LogP contribution is -2.33. The van der Waals surface area contributed by atoms with E-state index in [1.807, 2.05) is 62.3 Å². The number of fused-ring (bicyclic) bond motifs is 1. The van der Waals surface area contributed by atoms with Crippen LogP contribution in [-0.4, -0.2) is 76.1 Å². The van der Waals surface area contributed by atoms with Gasteiger partial charge in [-0.1, -0.05) is 41.9 Å². The molecule has 0 saturated carbocycles. The van der Waals surface area contributed by atoms with Crippen LogP contribution in [0.1, 0.15) is 61.6 Å². The molecule has 2 amide bonds. The van der Waals surface area contributed by atoms with Crippen molar-refractivity contribution in [2.45, 2.75) is 38.5 Å². The Bertz CT molecular complexity index is 1830. The Morgan fingerprint density at radius 2 is 1.91 bits per heavy atom. The second-order valence-corrected chi connectivity index (χ2v) is 12.4. The summed E-state index contributed by atoms with van der Waals surface area (Å²) in [6, 6.07) is 13.0. The average Bonchev–Trinajstić information content (AvgIpc) is 3.60. The topological polar surface area (TPSA) is 119 Å². The molecule has 2 aliphatic rings. The Balaban J connectivity index is 1.29. The molecule has 2 unspecified atom stereocenters. The van der Waals surface area contributed by atoms with Crippen molar-refractivity contribution in [2.24, 2.45) is 12.8 Å². The van der Waals surface area contributed by atoms with E-state index in [0.29, 0.717) is 42.5 Å². The standard InChI is InChI=1S/C34H37ClFN7O3/c1-19-22(23-8-5-9-24(28(23)35)31-29-26(12-13-41(31)2)42(3)33(40-29)32(37)44)7-6-10-25(19)39-34(45)30-27(46-4)15-20(16-38-30)17-43-14-11-21(36)18-43/h5-10,15-16,21,31H,11-14,17-18H2,1-4H3,(H2,37,44)(H,39,45). The molecule has 240 valence electrons. The number of nitrogens with one attached hydrogen (secondary N) is 1. The summed E-state index contributed by atoms with van der Waals surface area (Å²) in [7, 11) is 5.32. The number of pyridine rings is 1. The van der Waals surface area contributed by atoms with Crippen molar-refractivity contribution in [1.29, 1.82) is 0 Å². The molecule has 6 rings (SSSR count). The molecule has 2 aliphatic heterocycles. The van der Waals surface area contributed by atoms with Crippen LogP contribution in [0.15, 0.2) is 48.7 Å². The van der Waals surface area contributed by atoms with E-state index >= 15 is 0 Å². The Labute approximate surface area is 272 Å². The first kappa shape index (κ1) is 31.7. The quantitative estimate of drug-likeness (QED) is 0.279. The molecule has 4 aromatic rings. The number of carbonyl (C=O) groups excluding carboxylic acids is 2. The monoisotopic (exact) mass is 645 g/mol. The van der Waals surface area contributed by atoms with Gasteiger partial charge in [0.2, 0.25) is 0 Å². The Hall–Kier alpha value is -4.32. The number of nitrogens with zero attached hydrogens (tertiary/aromatic N) is 5. The summed E-state index contributed by atoms with van der Waals surface area (Å²) in [5.41, 5.74) is 12.3. The predicted octanol–water partition coefficient (Wildman–Crippen LogP) is 4.92. The van der Waals surface area contributed by atoms with E-state index in [2.05, 4.69) is 20.2 Å². The fourth-order valence-electron chi connectivity index (χ4n) is 6.59. The van der Waals surface area contributed by atoms with Crippen LogP contribution in [0.5, 0.6) is 5.75 Å². The van der Waals surface area contributed by atoms with Crippen LogP contribution < -0.4 is 15.8 Å². The van der Waals surface area contributed by atoms with E-state index < -0.39 is 18.0 Å². The number of aromatic nitrogens is 3. The fourth-order valence-corrected chi connectivity index (χ4v) is 6.92. The third kappa shape index (κ3) is 5.86. The number of likely N-dealkylation sites (N-methyl/N-ethyl adjacent to an activating group) is 1. The highest BCUT2D eigenvalue weighted by molar-refractivity contribution is 6.34. The van der Waals surface area contributed by atoms with E-state index in [0.717, 1.165) is 52.2 Å². The average molecular weight is 646 g/mol. The largest absolute Gasteiger partial charge is 0.494 e. The zero-order valence-electron chi connectivity index (χ0n) is 26.3. The number of benzene rings is 2. The molecular formula is C34H37ClFN7O3. The summed E-state index contributed by atoms with van der Waals surface area (Å²) in [5, 5.41) is 3.55. The molecule has 0 aliphatic carbocycles. The lowest BCUT2D eigenvalue weighted by molar-refractivity contribution is 0.0985. The van der Waals surface area contributed by atoms with Crippen molar-refractivity contribution in [3.8, 4) is 16.9 Å². The van der Waals surface area contributed by atoms with Crippen molar-refractivity contribution in [3.05, 3.63) is 93.3 Å². The van der Waals surface area contributed by atoms with E-state index in [1.165, 1.54) is 7.11 Å². The van der Waals surface area contributed by atoms with Crippen molar-refractivity contribution in [2.75, 3.05) is 39.1 Å². The van der Waals surface area contributed by atoms with Gasteiger partial charge in [0.05, 0.1) is 23.9 Å². The van der Waals surface area contributed by atoms with Gasteiger partial charge in [-0.15, -0.1) is 0 Å². The van der Waals surface area contributed by atoms with Gasteiger partial charge in [-0.25, -0.2) is 14.4 Å². The minimum Gasteiger partial charge on any atom is -0.494 e. The number of methoxy groups -OCH3 is 1. The van der Waals surface area contributed by atoms with Crippen molar-refractivity contribution < 1.29 is 18.7 Å². The van der Waals surface area contributed by atoms with E-state index in [-0.39, 0.29) is 17.6 Å². The van der Waals surface area contributed by atoms with Crippen molar-refractivity contribution >= 4 is 29.1 Å². The number of hydrogen-bond donors (Lipinski definition) is 2. The summed E-state index contributed by atoms with van der Waals surface area (Å²) in [6.07, 6.45) is 2.09. The first-order chi connectivity index (χ1) is 22.1. The van der Waals surface area contributed by atoms with Gasteiger partial charge in [0.1, 0.15) is 6.17 Å². The van der Waals surface area contributed by atoms with Crippen LogP contribution in [0, 0.1) is 6.92 Å². The summed E-state index contributed by atoms with van der Waals surface area (Å²) in [6.45, 7) is 4.30. The van der Waals surface area contributed by atoms with Gasteiger partial charge in [-0.2, -0.15) is 0 Å². The number of primary amides is 1. The maximum Gasteiger partial charge on any atom is 0.284 e. The molecule has 0 bridgehead atoms. The molecule has 3 N–H and O–H groups in total. The van der Waals surface area contributed by atoms with Gasteiger partial charge in [0.15, 0.2) is 17.3 Å². The number of carbonyl (C=O) groups is 2. The maximum atomic E-state index is 13.6. The Morgan fingerprint density at radius 3 is 2.63 bits per heavy atom. The molecule has 2 atom stereocenters. The molecule has 4 heterocycles. The molecule has 0 radical (unpaired) electrons. The number of ether oxygens (including phenoxy) is 1. The Kier molecular flexibility index (Phi) is 8.82. The highest BCUT2D eigenvalue weighted by Gasteiger charge is 2.34. The summed E-state index contributed by atoms with van der Waals surface area (Å²) in [4.78, 5) is 38.8. The Morgan fingerprint density at radius 1 is 1.15 bits per heavy atom. The smallest absolute Gasteiger partial charge is 0.284 e. The number of anilines is 1. The zero-order valence-corrected chi connectivity index (χ0v) is 27.1. The number of imidazole rings is 1. The minimum absolute atomic E-state index is 0.155. The summed E-state index contributed by atoms with van der Waals surface area (Å²) >= 11 is 7.18. The predicted molar refractivity (Wildman–Crippen MR) is 175 cm³/mol. The first-order valence-electron chi connectivity index (χ1n) is 15.2. The van der Waals surface area contributed by atoms with Crippen LogP contribution in [0.2, 0.25) is 5.02 Å². The van der Waals surface area contributed by atoms with Gasteiger partial charge in [-0.05, 0) is 54.8 Å². The molecule has 10 nitrogen and oxygen atoms in total. The lowest BCUT2D eigenvalue weighted by atomic mass is 9.91. The maximum absolute atomic E-state index is 13.6. The van der Waals surface area contributed by atoms with Gasteiger partial charge in [-0.3, -0.25) is 19.4 Å². The molecule has 1 fully saturated rings. The van der Waals surface area contributed by atoms with Crippen LogP contribution >= 0.6 is 11.6 Å². The summed E-state index contributed by atoms with van der Waals surface area (Å²) in [5.74, 6) is -0.417. The van der Waals surface area contributed by atoms with Crippen LogP contribution in [0.25, 0.3) is 11.1 Å². The second-order valence-electron chi connectivity index (χ2n) is 12.0. The number of amides is 2. The van der Waals surface area contributed by atoms with Gasteiger partial charge in [0.25, 0.3) is 11.8 Å². The minimum atomic E-state index is -0.810. The number of halogens is 2. The number of likely N-dealkylation sites (tertiary alicyclic amines) is 1. The molecule has 1 saturated heterocycles. The van der Waals surface area contributed by atoms with Crippen LogP contribution in [0.3, 0.4) is 0 Å². The van der Waals surface area contributed by atoms with Crippen molar-refractivity contribution in [3.63, 3.8) is 0 Å². The first-order valence-corrected chi connectivity index (χ1v) is 15.6. The van der Waals surface area contributed by atoms with Crippen LogP contribution in [0.4, 0.5) is 10.1 Å². The van der Waals surface area contributed by atoms with Gasteiger partial charge >= 0.3 is 0 Å². The molecule has 0 spiro atoms. The number of rotatable bonds is 8. The van der Waals surface area contributed by atoms with E-state index in [9.17, 15) is 14.0 Å². The summed E-state index contributed by atoms with van der Waals surface area (Å²) < 4.78 is 20.9. The number of nitrogens with two attached hydrogens (primary N) is 1. The van der Waals surface area contributed by atoms with E-state index in [4.69, 9.17) is 22.1 Å². The zero-order chi connectivity index (χ0) is 32.7. The number of alkyl halides is 1.